The summed E-state index contributed by atoms with van der Waals surface area (Å²) in [5, 5.41) is 11.1. The molecule has 2 unspecified atom stereocenters. The van der Waals surface area contributed by atoms with Crippen LogP contribution in [-0.4, -0.2) is 16.0 Å². The molecule has 0 heterocycles. The number of nitrogens with two attached hydrogens (primary N) is 1. The lowest BCUT2D eigenvalue weighted by atomic mass is 9.50. The molecule has 4 nitrogen and oxygen atoms in total. The molecule has 0 spiro atoms. The smallest absolute Gasteiger partial charge is 0.224 e. The summed E-state index contributed by atoms with van der Waals surface area (Å²) >= 11 is 0. The average Bonchev–Trinajstić information content (AvgIpc) is 1.98. The summed E-state index contributed by atoms with van der Waals surface area (Å²) in [4.78, 5) is 11.1. The molecule has 0 amide bonds. The second kappa shape index (κ2) is 2.30. The zero-order chi connectivity index (χ0) is 9.97. The predicted molar refractivity (Wildman–Crippen MR) is 51.3 cm³/mol. The molecule has 4 rings (SSSR count). The Kier molecular flexibility index (Phi) is 1.42. The Hall–Kier alpha value is -0.640. The fourth-order valence-electron chi connectivity index (χ4n) is 4.50. The average molecular weight is 196 g/mol. The minimum Gasteiger partial charge on any atom is -0.325 e. The van der Waals surface area contributed by atoms with Gasteiger partial charge in [0, 0.05) is 29.7 Å². The van der Waals surface area contributed by atoms with E-state index in [1.807, 2.05) is 0 Å². The van der Waals surface area contributed by atoms with Crippen LogP contribution in [0, 0.1) is 22.0 Å². The third-order valence-corrected chi connectivity index (χ3v) is 4.46. The molecule has 4 aliphatic carbocycles. The Morgan fingerprint density at radius 3 is 2.21 bits per heavy atom. The third kappa shape index (κ3) is 0.975. The summed E-state index contributed by atoms with van der Waals surface area (Å²) in [6.45, 7) is 0. The Bertz CT molecular complexity index is 288. The standard InChI is InChI=1S/C10H16N2O2/c11-9-2-7-1-8(3-9)5-10(4-7,6-9)12(13)14/h7-8H,1-6,11H2. The van der Waals surface area contributed by atoms with Gasteiger partial charge in [0.25, 0.3) is 0 Å². The first-order chi connectivity index (χ1) is 6.51. The first-order valence-electron chi connectivity index (χ1n) is 5.45. The third-order valence-electron chi connectivity index (χ3n) is 4.46. The Balaban J connectivity index is 2.00. The van der Waals surface area contributed by atoms with Gasteiger partial charge in [0.2, 0.25) is 5.54 Å². The van der Waals surface area contributed by atoms with Gasteiger partial charge in [-0.1, -0.05) is 0 Å². The number of nitrogens with zero attached hydrogens (tertiary/aromatic N) is 1. The topological polar surface area (TPSA) is 69.2 Å². The zero-order valence-corrected chi connectivity index (χ0v) is 8.24. The highest BCUT2D eigenvalue weighted by atomic mass is 16.6. The molecule has 0 radical (unpaired) electrons. The van der Waals surface area contributed by atoms with Crippen LogP contribution in [0.4, 0.5) is 0 Å². The molecular formula is C10H16N2O2. The monoisotopic (exact) mass is 196 g/mol. The van der Waals surface area contributed by atoms with E-state index in [9.17, 15) is 10.1 Å². The summed E-state index contributed by atoms with van der Waals surface area (Å²) in [5.74, 6) is 1.07. The fourth-order valence-corrected chi connectivity index (χ4v) is 4.50. The van der Waals surface area contributed by atoms with Crippen molar-refractivity contribution in [2.24, 2.45) is 17.6 Å². The summed E-state index contributed by atoms with van der Waals surface area (Å²) in [6, 6.07) is 0. The van der Waals surface area contributed by atoms with Crippen LogP contribution in [0.3, 0.4) is 0 Å². The highest BCUT2D eigenvalue weighted by Gasteiger charge is 2.62. The predicted octanol–water partition coefficient (Wildman–Crippen LogP) is 1.31. The molecule has 0 aromatic heterocycles. The quantitative estimate of drug-likeness (QED) is 0.508. The summed E-state index contributed by atoms with van der Waals surface area (Å²) in [7, 11) is 0. The molecule has 4 bridgehead atoms. The second-order valence-corrected chi connectivity index (χ2v) is 5.80. The van der Waals surface area contributed by atoms with Crippen LogP contribution < -0.4 is 5.73 Å². The highest BCUT2D eigenvalue weighted by Crippen LogP contribution is 2.57. The fraction of sp³-hybridized carbons (Fsp3) is 1.00. The van der Waals surface area contributed by atoms with Crippen molar-refractivity contribution >= 4 is 0 Å². The molecule has 0 aliphatic heterocycles. The van der Waals surface area contributed by atoms with Crippen LogP contribution in [0.25, 0.3) is 0 Å². The van der Waals surface area contributed by atoms with E-state index < -0.39 is 5.54 Å². The molecule has 0 aromatic carbocycles. The molecule has 0 aromatic rings. The van der Waals surface area contributed by atoms with Crippen molar-refractivity contribution in [1.29, 1.82) is 0 Å². The van der Waals surface area contributed by atoms with Crippen molar-refractivity contribution in [3.63, 3.8) is 0 Å². The maximum absolute atomic E-state index is 11.1. The molecule has 0 saturated heterocycles. The molecule has 4 fully saturated rings. The van der Waals surface area contributed by atoms with E-state index >= 15 is 0 Å². The first-order valence-corrected chi connectivity index (χ1v) is 5.45. The first kappa shape index (κ1) is 8.65. The van der Waals surface area contributed by atoms with Gasteiger partial charge >= 0.3 is 0 Å². The van der Waals surface area contributed by atoms with Crippen LogP contribution in [0.15, 0.2) is 0 Å². The van der Waals surface area contributed by atoms with Crippen molar-refractivity contribution in [3.8, 4) is 0 Å². The van der Waals surface area contributed by atoms with Crippen LogP contribution in [0.2, 0.25) is 0 Å². The van der Waals surface area contributed by atoms with E-state index in [4.69, 9.17) is 5.73 Å². The molecule has 78 valence electrons. The molecular weight excluding hydrogens is 180 g/mol. The largest absolute Gasteiger partial charge is 0.325 e. The second-order valence-electron chi connectivity index (χ2n) is 5.80. The van der Waals surface area contributed by atoms with Gasteiger partial charge in [-0.05, 0) is 31.1 Å². The lowest BCUT2D eigenvalue weighted by Crippen LogP contribution is -2.65. The van der Waals surface area contributed by atoms with Crippen molar-refractivity contribution in [1.82, 2.24) is 0 Å². The number of hydrogen-bond donors (Lipinski definition) is 1. The lowest BCUT2D eigenvalue weighted by molar-refractivity contribution is -0.589. The Labute approximate surface area is 83.0 Å². The number of rotatable bonds is 1. The zero-order valence-electron chi connectivity index (χ0n) is 8.24. The van der Waals surface area contributed by atoms with Gasteiger partial charge in [-0.2, -0.15) is 0 Å². The van der Waals surface area contributed by atoms with Gasteiger partial charge in [-0.3, -0.25) is 10.1 Å². The summed E-state index contributed by atoms with van der Waals surface area (Å²) in [6.07, 6.45) is 5.44. The van der Waals surface area contributed by atoms with Crippen LogP contribution in [0.1, 0.15) is 38.5 Å². The Morgan fingerprint density at radius 2 is 1.79 bits per heavy atom. The molecule has 4 saturated carbocycles. The minimum atomic E-state index is -0.640. The van der Waals surface area contributed by atoms with E-state index in [1.54, 1.807) is 0 Å². The summed E-state index contributed by atoms with van der Waals surface area (Å²) < 4.78 is 0. The van der Waals surface area contributed by atoms with Gasteiger partial charge in [-0.25, -0.2) is 0 Å². The van der Waals surface area contributed by atoms with Crippen molar-refractivity contribution < 1.29 is 4.92 Å². The normalized spacial score (nSPS) is 54.9. The Morgan fingerprint density at radius 1 is 1.21 bits per heavy atom. The lowest BCUT2D eigenvalue weighted by Gasteiger charge is -2.56. The maximum Gasteiger partial charge on any atom is 0.224 e. The van der Waals surface area contributed by atoms with E-state index in [-0.39, 0.29) is 10.5 Å². The molecule has 14 heavy (non-hydrogen) atoms. The van der Waals surface area contributed by atoms with Gasteiger partial charge < -0.3 is 5.73 Å². The molecule has 4 aliphatic rings. The van der Waals surface area contributed by atoms with Gasteiger partial charge in [-0.15, -0.1) is 0 Å². The van der Waals surface area contributed by atoms with Gasteiger partial charge in [0.15, 0.2) is 0 Å². The minimum absolute atomic E-state index is 0.0356. The van der Waals surface area contributed by atoms with E-state index in [0.29, 0.717) is 18.3 Å². The maximum atomic E-state index is 11.1. The molecule has 4 heteroatoms. The molecule has 2 atom stereocenters. The number of nitro groups is 1. The molecule has 2 N–H and O–H groups in total. The van der Waals surface area contributed by atoms with Crippen molar-refractivity contribution in [3.05, 3.63) is 10.1 Å². The van der Waals surface area contributed by atoms with Crippen LogP contribution in [0.5, 0.6) is 0 Å². The van der Waals surface area contributed by atoms with Crippen LogP contribution in [-0.2, 0) is 0 Å². The van der Waals surface area contributed by atoms with Crippen molar-refractivity contribution in [2.45, 2.75) is 49.6 Å². The number of hydrogen-bond acceptors (Lipinski definition) is 3. The van der Waals surface area contributed by atoms with E-state index in [0.717, 1.165) is 25.7 Å². The SMILES string of the molecule is NC12CC3CC(C1)CC([N+](=O)[O-])(C3)C2. The van der Waals surface area contributed by atoms with Crippen LogP contribution >= 0.6 is 0 Å². The van der Waals surface area contributed by atoms with Crippen molar-refractivity contribution in [2.75, 3.05) is 0 Å². The highest BCUT2D eigenvalue weighted by molar-refractivity contribution is 5.11. The van der Waals surface area contributed by atoms with Gasteiger partial charge in [0.1, 0.15) is 0 Å². The summed E-state index contributed by atoms with van der Waals surface area (Å²) in [5.41, 5.74) is 5.40. The van der Waals surface area contributed by atoms with Gasteiger partial charge in [0.05, 0.1) is 0 Å². The van der Waals surface area contributed by atoms with E-state index in [1.165, 1.54) is 6.42 Å². The van der Waals surface area contributed by atoms with E-state index in [2.05, 4.69) is 0 Å².